The molecule has 0 spiro atoms. The first kappa shape index (κ1) is 21.3. The third-order valence-corrected chi connectivity index (χ3v) is 8.29. The first-order valence-electron chi connectivity index (χ1n) is 10.2. The van der Waals surface area contributed by atoms with Gasteiger partial charge in [0.2, 0.25) is 21.1 Å². The Balaban J connectivity index is 1.46. The van der Waals surface area contributed by atoms with Gasteiger partial charge < -0.3 is 4.90 Å². The third-order valence-electron chi connectivity index (χ3n) is 5.48. The van der Waals surface area contributed by atoms with Crippen molar-refractivity contribution in [3.05, 3.63) is 23.8 Å². The van der Waals surface area contributed by atoms with Crippen LogP contribution in [0.3, 0.4) is 0 Å². The Bertz CT molecular complexity index is 1030. The Morgan fingerprint density at radius 3 is 2.67 bits per heavy atom. The predicted molar refractivity (Wildman–Crippen MR) is 114 cm³/mol. The molecule has 0 radical (unpaired) electrons. The molecule has 0 atom stereocenters. The van der Waals surface area contributed by atoms with Crippen LogP contribution in [0, 0.1) is 0 Å². The van der Waals surface area contributed by atoms with E-state index >= 15 is 0 Å². The topological polar surface area (TPSA) is 101 Å². The summed E-state index contributed by atoms with van der Waals surface area (Å²) in [4.78, 5) is 14.9. The molecule has 1 fully saturated rings. The summed E-state index contributed by atoms with van der Waals surface area (Å²) in [6.07, 6.45) is 3.54. The molecule has 9 nitrogen and oxygen atoms in total. The van der Waals surface area contributed by atoms with E-state index in [4.69, 9.17) is 0 Å². The average molecular weight is 451 g/mol. The maximum Gasteiger partial charge on any atom is 0.243 e. The van der Waals surface area contributed by atoms with E-state index in [2.05, 4.69) is 15.5 Å². The zero-order valence-electron chi connectivity index (χ0n) is 17.2. The zero-order valence-corrected chi connectivity index (χ0v) is 18.8. The summed E-state index contributed by atoms with van der Waals surface area (Å²) in [5.41, 5.74) is 1.69. The van der Waals surface area contributed by atoms with Gasteiger partial charge in [-0.05, 0) is 67.3 Å². The number of carbonyl (C=O) groups excluding carboxylic acids is 1. The number of hydrogen-bond acceptors (Lipinski definition) is 7. The van der Waals surface area contributed by atoms with E-state index in [1.807, 2.05) is 13.8 Å². The van der Waals surface area contributed by atoms with Crippen LogP contribution in [0.25, 0.3) is 0 Å². The van der Waals surface area contributed by atoms with E-state index in [-0.39, 0.29) is 17.7 Å². The fraction of sp³-hybridized carbons (Fsp3) is 0.579. The van der Waals surface area contributed by atoms with Crippen LogP contribution in [0.4, 0.5) is 5.69 Å². The van der Waals surface area contributed by atoms with Crippen LogP contribution >= 0.6 is 11.8 Å². The van der Waals surface area contributed by atoms with Gasteiger partial charge >= 0.3 is 0 Å². The molecule has 4 rings (SSSR count). The smallest absolute Gasteiger partial charge is 0.243 e. The largest absolute Gasteiger partial charge is 0.311 e. The molecular formula is C19H26N6O3S2. The highest BCUT2D eigenvalue weighted by Gasteiger charge is 2.30. The minimum Gasteiger partial charge on any atom is -0.311 e. The van der Waals surface area contributed by atoms with Crippen LogP contribution in [0.2, 0.25) is 0 Å². The summed E-state index contributed by atoms with van der Waals surface area (Å²) in [6, 6.07) is 5.24. The van der Waals surface area contributed by atoms with Gasteiger partial charge in [0, 0.05) is 25.3 Å². The minimum atomic E-state index is -3.47. The summed E-state index contributed by atoms with van der Waals surface area (Å²) >= 11 is 1.31. The highest BCUT2D eigenvalue weighted by molar-refractivity contribution is 7.99. The number of hydrogen-bond donors (Lipinski definition) is 0. The van der Waals surface area contributed by atoms with E-state index in [1.165, 1.54) is 11.8 Å². The predicted octanol–water partition coefficient (Wildman–Crippen LogP) is 2.11. The number of anilines is 1. The molecule has 3 heterocycles. The van der Waals surface area contributed by atoms with Crippen LogP contribution in [-0.4, -0.2) is 64.2 Å². The molecule has 0 bridgehead atoms. The molecule has 162 valence electrons. The second-order valence-corrected chi connectivity index (χ2v) is 10.7. The first-order valence-corrected chi connectivity index (χ1v) is 12.6. The van der Waals surface area contributed by atoms with Crippen molar-refractivity contribution in [3.8, 4) is 0 Å². The van der Waals surface area contributed by atoms with Gasteiger partial charge in [0.25, 0.3) is 0 Å². The van der Waals surface area contributed by atoms with Gasteiger partial charge in [0.05, 0.1) is 16.7 Å². The number of rotatable bonds is 6. The lowest BCUT2D eigenvalue weighted by Crippen LogP contribution is -2.35. The number of benzene rings is 1. The lowest BCUT2D eigenvalue weighted by atomic mass is 10.2. The van der Waals surface area contributed by atoms with E-state index in [0.29, 0.717) is 36.1 Å². The third kappa shape index (κ3) is 4.10. The molecule has 1 saturated heterocycles. The van der Waals surface area contributed by atoms with Gasteiger partial charge in [-0.3, -0.25) is 4.79 Å². The monoisotopic (exact) mass is 450 g/mol. The SMILES string of the molecule is CC(C)n1nnnc1SCC(=O)N1CCc2cc(S(=O)(=O)N3CCCCC3)ccc21. The molecule has 2 aromatic rings. The molecule has 2 aliphatic heterocycles. The summed E-state index contributed by atoms with van der Waals surface area (Å²) < 4.78 is 29.2. The molecule has 1 aromatic carbocycles. The molecule has 11 heteroatoms. The van der Waals surface area contributed by atoms with Gasteiger partial charge in [-0.1, -0.05) is 18.2 Å². The number of nitrogens with zero attached hydrogens (tertiary/aromatic N) is 6. The molecule has 1 aromatic heterocycles. The van der Waals surface area contributed by atoms with Crippen molar-refractivity contribution in [2.24, 2.45) is 0 Å². The second kappa shape index (κ2) is 8.64. The molecule has 0 aliphatic carbocycles. The van der Waals surface area contributed by atoms with Gasteiger partial charge in [-0.2, -0.15) is 4.31 Å². The van der Waals surface area contributed by atoms with Crippen LogP contribution in [0.1, 0.15) is 44.7 Å². The summed E-state index contributed by atoms with van der Waals surface area (Å²) in [6.45, 7) is 5.67. The first-order chi connectivity index (χ1) is 14.4. The van der Waals surface area contributed by atoms with Crippen molar-refractivity contribution in [1.82, 2.24) is 24.5 Å². The Morgan fingerprint density at radius 1 is 1.17 bits per heavy atom. The maximum atomic E-state index is 12.9. The van der Waals surface area contributed by atoms with Gasteiger partial charge in [-0.15, -0.1) is 5.10 Å². The normalized spacial score (nSPS) is 17.5. The van der Waals surface area contributed by atoms with Crippen molar-refractivity contribution in [2.75, 3.05) is 30.3 Å². The standard InChI is InChI=1S/C19H26N6O3S2/c1-14(2)25-19(20-21-22-25)29-13-18(26)24-11-8-15-12-16(6-7-17(15)24)30(27,28)23-9-4-3-5-10-23/h6-7,12,14H,3-5,8-11,13H2,1-2H3. The average Bonchev–Trinajstić information content (AvgIpc) is 3.39. The second-order valence-electron chi connectivity index (χ2n) is 7.84. The van der Waals surface area contributed by atoms with Crippen molar-refractivity contribution in [1.29, 1.82) is 0 Å². The highest BCUT2D eigenvalue weighted by atomic mass is 32.2. The number of thioether (sulfide) groups is 1. The van der Waals surface area contributed by atoms with Gasteiger partial charge in [0.1, 0.15) is 0 Å². The number of tetrazole rings is 1. The number of carbonyl (C=O) groups is 1. The van der Waals surface area contributed by atoms with E-state index < -0.39 is 10.0 Å². The van der Waals surface area contributed by atoms with Crippen LogP contribution in [0.15, 0.2) is 28.3 Å². The fourth-order valence-electron chi connectivity index (χ4n) is 3.86. The Morgan fingerprint density at radius 2 is 1.93 bits per heavy atom. The van der Waals surface area contributed by atoms with E-state index in [1.54, 1.807) is 32.1 Å². The number of piperidine rings is 1. The van der Waals surface area contributed by atoms with Crippen molar-refractivity contribution in [3.63, 3.8) is 0 Å². The lowest BCUT2D eigenvalue weighted by molar-refractivity contribution is -0.116. The molecule has 0 N–H and O–H groups in total. The Labute approximate surface area is 180 Å². The van der Waals surface area contributed by atoms with Crippen LogP contribution in [0.5, 0.6) is 0 Å². The highest BCUT2D eigenvalue weighted by Crippen LogP contribution is 2.32. The summed E-state index contributed by atoms with van der Waals surface area (Å²) in [5, 5.41) is 12.2. The molecule has 0 unspecified atom stereocenters. The van der Waals surface area contributed by atoms with Crippen LogP contribution < -0.4 is 4.90 Å². The van der Waals surface area contributed by atoms with Gasteiger partial charge in [0.15, 0.2) is 0 Å². The quantitative estimate of drug-likeness (QED) is 0.621. The van der Waals surface area contributed by atoms with E-state index in [9.17, 15) is 13.2 Å². The summed E-state index contributed by atoms with van der Waals surface area (Å²) in [7, 11) is -3.47. The zero-order chi connectivity index (χ0) is 21.3. The molecule has 30 heavy (non-hydrogen) atoms. The lowest BCUT2D eigenvalue weighted by Gasteiger charge is -2.26. The van der Waals surface area contributed by atoms with Crippen LogP contribution in [-0.2, 0) is 21.2 Å². The van der Waals surface area contributed by atoms with Crippen molar-refractivity contribution < 1.29 is 13.2 Å². The van der Waals surface area contributed by atoms with Crippen molar-refractivity contribution in [2.45, 2.75) is 55.6 Å². The Kier molecular flexibility index (Phi) is 6.12. The molecule has 0 saturated carbocycles. The van der Waals surface area contributed by atoms with Crippen molar-refractivity contribution >= 4 is 33.4 Å². The molecular weight excluding hydrogens is 424 g/mol. The number of sulfonamides is 1. The number of aromatic nitrogens is 4. The number of fused-ring (bicyclic) bond motifs is 1. The fourth-order valence-corrected chi connectivity index (χ4v) is 6.31. The van der Waals surface area contributed by atoms with E-state index in [0.717, 1.165) is 30.5 Å². The molecule has 1 amide bonds. The Hall–Kier alpha value is -1.98. The minimum absolute atomic E-state index is 0.0382. The van der Waals surface area contributed by atoms with Gasteiger partial charge in [-0.25, -0.2) is 13.1 Å². The maximum absolute atomic E-state index is 12.9. The summed E-state index contributed by atoms with van der Waals surface area (Å²) in [5.74, 6) is 0.184. The number of amides is 1. The molecule has 2 aliphatic rings.